The molecule has 1 N–H and O–H groups in total. The van der Waals surface area contributed by atoms with E-state index in [4.69, 9.17) is 17.0 Å². The normalized spacial score (nSPS) is 9.88. The van der Waals surface area contributed by atoms with Crippen molar-refractivity contribution >= 4 is 33.9 Å². The minimum atomic E-state index is 0.362. The van der Waals surface area contributed by atoms with Gasteiger partial charge in [-0.05, 0) is 23.7 Å². The molecule has 0 unspecified atom stereocenters. The fourth-order valence-electron chi connectivity index (χ4n) is 1.62. The lowest BCUT2D eigenvalue weighted by molar-refractivity contribution is 0.359. The fourth-order valence-corrected chi connectivity index (χ4v) is 1.79. The summed E-state index contributed by atoms with van der Waals surface area (Å²) in [6, 6.07) is 14.2. The molecule has 2 rings (SSSR count). The minimum Gasteiger partial charge on any atom is -0.467 e. The van der Waals surface area contributed by atoms with Crippen LogP contribution in [0.5, 0.6) is 0 Å². The number of hydrogen-bond acceptors (Lipinski definition) is 2. The first kappa shape index (κ1) is 11.6. The Morgan fingerprint density at radius 3 is 2.82 bits per heavy atom. The summed E-state index contributed by atoms with van der Waals surface area (Å²) in [6.07, 6.45) is 1.66. The summed E-state index contributed by atoms with van der Waals surface area (Å²) in [4.78, 5) is 0. The average Bonchev–Trinajstić information content (AvgIpc) is 2.37. The standard InChI is InChI=1S/C14H13NOS/c1-2-10-16-14(17)15-13-9-5-7-11-6-3-4-8-12(11)13/h2-9H,1,10H2,(H,15,17). The lowest BCUT2D eigenvalue weighted by Crippen LogP contribution is -2.13. The Bertz CT molecular complexity index is 545. The van der Waals surface area contributed by atoms with E-state index in [1.165, 1.54) is 5.39 Å². The minimum absolute atomic E-state index is 0.362. The van der Waals surface area contributed by atoms with Crippen LogP contribution < -0.4 is 5.32 Å². The molecule has 0 bridgehead atoms. The van der Waals surface area contributed by atoms with Crippen LogP contribution in [0.4, 0.5) is 5.69 Å². The second kappa shape index (κ2) is 5.46. The zero-order valence-electron chi connectivity index (χ0n) is 9.35. The maximum atomic E-state index is 5.25. The van der Waals surface area contributed by atoms with E-state index in [1.54, 1.807) is 6.08 Å². The van der Waals surface area contributed by atoms with Crippen molar-refractivity contribution in [3.8, 4) is 0 Å². The summed E-state index contributed by atoms with van der Waals surface area (Å²) in [6.45, 7) is 3.99. The van der Waals surface area contributed by atoms with E-state index in [9.17, 15) is 0 Å². The summed E-state index contributed by atoms with van der Waals surface area (Å²) in [5.41, 5.74) is 0.956. The largest absolute Gasteiger partial charge is 0.467 e. The van der Waals surface area contributed by atoms with Crippen LogP contribution in [-0.2, 0) is 4.74 Å². The van der Waals surface area contributed by atoms with Gasteiger partial charge in [-0.15, -0.1) is 0 Å². The molecule has 0 saturated heterocycles. The SMILES string of the molecule is C=CCOC(=S)Nc1cccc2ccccc12. The maximum Gasteiger partial charge on any atom is 0.261 e. The van der Waals surface area contributed by atoms with E-state index in [-0.39, 0.29) is 0 Å². The Kier molecular flexibility index (Phi) is 3.73. The number of ether oxygens (including phenoxy) is 1. The van der Waals surface area contributed by atoms with Crippen LogP contribution in [0.2, 0.25) is 0 Å². The first-order valence-electron chi connectivity index (χ1n) is 5.33. The first-order chi connectivity index (χ1) is 8.31. The van der Waals surface area contributed by atoms with Crippen molar-refractivity contribution in [2.45, 2.75) is 0 Å². The highest BCUT2D eigenvalue weighted by Crippen LogP contribution is 2.22. The fraction of sp³-hybridized carbons (Fsp3) is 0.0714. The molecule has 0 heterocycles. The highest BCUT2D eigenvalue weighted by Gasteiger charge is 2.02. The van der Waals surface area contributed by atoms with Crippen LogP contribution in [0.1, 0.15) is 0 Å². The predicted molar refractivity (Wildman–Crippen MR) is 76.3 cm³/mol. The molecule has 0 aliphatic heterocycles. The van der Waals surface area contributed by atoms with E-state index in [2.05, 4.69) is 24.0 Å². The molecule has 0 fully saturated rings. The lowest BCUT2D eigenvalue weighted by Gasteiger charge is -2.10. The van der Waals surface area contributed by atoms with Gasteiger partial charge in [-0.2, -0.15) is 0 Å². The predicted octanol–water partition coefficient (Wildman–Crippen LogP) is 3.74. The van der Waals surface area contributed by atoms with Gasteiger partial charge >= 0.3 is 0 Å². The summed E-state index contributed by atoms with van der Waals surface area (Å²) >= 11 is 5.08. The van der Waals surface area contributed by atoms with Gasteiger partial charge in [0.15, 0.2) is 0 Å². The third-order valence-corrected chi connectivity index (χ3v) is 2.58. The van der Waals surface area contributed by atoms with Crippen molar-refractivity contribution in [3.63, 3.8) is 0 Å². The molecule has 2 aromatic rings. The highest BCUT2D eigenvalue weighted by atomic mass is 32.1. The molecular weight excluding hydrogens is 230 g/mol. The summed E-state index contributed by atoms with van der Waals surface area (Å²) in [7, 11) is 0. The van der Waals surface area contributed by atoms with Crippen molar-refractivity contribution in [2.24, 2.45) is 0 Å². The van der Waals surface area contributed by atoms with Crippen molar-refractivity contribution in [1.82, 2.24) is 0 Å². The van der Waals surface area contributed by atoms with Crippen LogP contribution >= 0.6 is 12.2 Å². The molecule has 0 atom stereocenters. The molecule has 2 aromatic carbocycles. The number of thiocarbonyl (C=S) groups is 1. The third-order valence-electron chi connectivity index (χ3n) is 2.36. The van der Waals surface area contributed by atoms with Crippen molar-refractivity contribution in [1.29, 1.82) is 0 Å². The molecule has 2 nitrogen and oxygen atoms in total. The molecule has 0 radical (unpaired) electrons. The lowest BCUT2D eigenvalue weighted by atomic mass is 10.1. The van der Waals surface area contributed by atoms with E-state index >= 15 is 0 Å². The number of fused-ring (bicyclic) bond motifs is 1. The van der Waals surface area contributed by atoms with Crippen LogP contribution in [0.25, 0.3) is 10.8 Å². The molecule has 0 saturated carbocycles. The van der Waals surface area contributed by atoms with Gasteiger partial charge in [0.05, 0.1) is 0 Å². The van der Waals surface area contributed by atoms with Crippen LogP contribution in [-0.4, -0.2) is 11.8 Å². The summed E-state index contributed by atoms with van der Waals surface area (Å²) in [5.74, 6) is 0. The second-order valence-corrected chi connectivity index (χ2v) is 3.91. The van der Waals surface area contributed by atoms with E-state index in [0.29, 0.717) is 11.8 Å². The van der Waals surface area contributed by atoms with Gasteiger partial charge in [0.2, 0.25) is 0 Å². The van der Waals surface area contributed by atoms with Gasteiger partial charge in [-0.3, -0.25) is 0 Å². The second-order valence-electron chi connectivity index (χ2n) is 3.54. The Morgan fingerprint density at radius 1 is 1.24 bits per heavy atom. The van der Waals surface area contributed by atoms with Crippen LogP contribution in [0, 0.1) is 0 Å². The van der Waals surface area contributed by atoms with Crippen LogP contribution in [0.3, 0.4) is 0 Å². The van der Waals surface area contributed by atoms with Gasteiger partial charge in [0.25, 0.3) is 5.17 Å². The van der Waals surface area contributed by atoms with E-state index < -0.39 is 0 Å². The number of anilines is 1. The molecule has 0 spiro atoms. The van der Waals surface area contributed by atoms with Crippen molar-refractivity contribution in [2.75, 3.05) is 11.9 Å². The number of benzene rings is 2. The average molecular weight is 243 g/mol. The molecule has 3 heteroatoms. The van der Waals surface area contributed by atoms with Gasteiger partial charge < -0.3 is 10.1 Å². The summed E-state index contributed by atoms with van der Waals surface area (Å²) < 4.78 is 5.25. The monoisotopic (exact) mass is 243 g/mol. The smallest absolute Gasteiger partial charge is 0.261 e. The Morgan fingerprint density at radius 2 is 2.00 bits per heavy atom. The van der Waals surface area contributed by atoms with Crippen molar-refractivity contribution in [3.05, 3.63) is 55.1 Å². The van der Waals surface area contributed by atoms with Crippen molar-refractivity contribution < 1.29 is 4.74 Å². The molecule has 0 amide bonds. The summed E-state index contributed by atoms with van der Waals surface area (Å²) in [5, 5.41) is 5.74. The zero-order chi connectivity index (χ0) is 12.1. The third kappa shape index (κ3) is 2.82. The zero-order valence-corrected chi connectivity index (χ0v) is 10.2. The number of hydrogen-bond donors (Lipinski definition) is 1. The van der Waals surface area contributed by atoms with Gasteiger partial charge in [0, 0.05) is 11.1 Å². The molecule has 0 aliphatic carbocycles. The van der Waals surface area contributed by atoms with E-state index in [0.717, 1.165) is 11.1 Å². The van der Waals surface area contributed by atoms with E-state index in [1.807, 2.05) is 30.3 Å². The quantitative estimate of drug-likeness (QED) is 0.655. The van der Waals surface area contributed by atoms with Crippen LogP contribution in [0.15, 0.2) is 55.1 Å². The highest BCUT2D eigenvalue weighted by molar-refractivity contribution is 7.80. The topological polar surface area (TPSA) is 21.3 Å². The maximum absolute atomic E-state index is 5.25. The Balaban J connectivity index is 2.23. The molecule has 17 heavy (non-hydrogen) atoms. The van der Waals surface area contributed by atoms with Gasteiger partial charge in [-0.1, -0.05) is 49.1 Å². The molecule has 0 aromatic heterocycles. The van der Waals surface area contributed by atoms with Gasteiger partial charge in [0.1, 0.15) is 6.61 Å². The Hall–Kier alpha value is -1.87. The number of nitrogens with one attached hydrogen (secondary N) is 1. The van der Waals surface area contributed by atoms with Gasteiger partial charge in [-0.25, -0.2) is 0 Å². The first-order valence-corrected chi connectivity index (χ1v) is 5.74. The Labute approximate surface area is 106 Å². The molecular formula is C14H13NOS. The molecule has 86 valence electrons. The number of rotatable bonds is 3. The molecule has 0 aliphatic rings.